The Balaban J connectivity index is 0. The van der Waals surface area contributed by atoms with E-state index < -0.39 is 0 Å². The van der Waals surface area contributed by atoms with E-state index >= 15 is 0 Å². The molecule has 3 atom stereocenters. The molecule has 0 aromatic heterocycles. The molecule has 0 spiro atoms. The van der Waals surface area contributed by atoms with Crippen LogP contribution in [0.5, 0.6) is 0 Å². The average molecular weight is 275 g/mol. The molecule has 6 heteroatoms. The van der Waals surface area contributed by atoms with Gasteiger partial charge in [0.25, 0.3) is 0 Å². The summed E-state index contributed by atoms with van der Waals surface area (Å²) in [7, 11) is 0. The van der Waals surface area contributed by atoms with Crippen LogP contribution in [0.3, 0.4) is 0 Å². The molecule has 0 saturated heterocycles. The van der Waals surface area contributed by atoms with Gasteiger partial charge in [0.15, 0.2) is 0 Å². The molecule has 0 fully saturated rings. The van der Waals surface area contributed by atoms with Gasteiger partial charge < -0.3 is 21.0 Å². The van der Waals surface area contributed by atoms with E-state index in [-0.39, 0.29) is 84.8 Å². The van der Waals surface area contributed by atoms with Gasteiger partial charge in [0.05, 0.1) is 0 Å². The van der Waals surface area contributed by atoms with Gasteiger partial charge in [-0.25, -0.2) is 0 Å². The normalized spacial score (nSPS) is 0. The molecule has 0 bridgehead atoms. The van der Waals surface area contributed by atoms with Crippen molar-refractivity contribution in [2.75, 3.05) is 0 Å². The van der Waals surface area contributed by atoms with E-state index in [0.717, 1.165) is 0 Å². The fraction of sp³-hybridized carbons (Fsp3) is 0. The molecule has 1 radical (unpaired) electrons. The summed E-state index contributed by atoms with van der Waals surface area (Å²) in [6.07, 6.45) is 0. The fourth-order valence-corrected chi connectivity index (χ4v) is 0. The third-order valence-corrected chi connectivity index (χ3v) is 0. The maximum Gasteiger partial charge on any atom is 2.00 e. The zero-order valence-corrected chi connectivity index (χ0v) is 11.4. The Kier molecular flexibility index (Phi) is 2580. The number of rotatable bonds is 0. The molecule has 0 aliphatic heterocycles. The summed E-state index contributed by atoms with van der Waals surface area (Å²) in [6.45, 7) is 0. The molecule has 0 heterocycles. The quantitative estimate of drug-likeness (QED) is 0.367. The first-order valence-corrected chi connectivity index (χ1v) is 0. The topological polar surface area (TPSA) is 33.5 Å². The van der Waals surface area contributed by atoms with E-state index in [1.165, 1.54) is 0 Å². The molecule has 3 unspecified atom stereocenters. The summed E-state index contributed by atoms with van der Waals surface area (Å²) < 4.78 is 0. The molecular weight excluding hydrogens is 258 g/mol. The van der Waals surface area contributed by atoms with Gasteiger partial charge in [0.1, 0.15) is 0 Å². The van der Waals surface area contributed by atoms with Crippen LogP contribution in [0.2, 0.25) is 0 Å². The third-order valence-electron chi connectivity index (χ3n) is 0. The largest absolute Gasteiger partial charge is 2.00 e. The minimum absolute atomic E-state index is 0. The Morgan fingerprint density at radius 2 is 0.625 bits per heavy atom. The second-order valence-corrected chi connectivity index (χ2v) is 0. The van der Waals surface area contributed by atoms with Gasteiger partial charge in [0, 0.05) is 0 Å². The Bertz CT molecular complexity index is 15.2. The second kappa shape index (κ2) is 122. The maximum atomic E-state index is 0. The molecule has 0 rings (SSSR count). The van der Waals surface area contributed by atoms with Crippen molar-refractivity contribution in [2.45, 2.75) is 0 Å². The van der Waals surface area contributed by atoms with E-state index in [0.29, 0.717) is 0 Å². The smallest absolute Gasteiger partial charge is 0.693 e. The van der Waals surface area contributed by atoms with Crippen LogP contribution in [0, 0.1) is 14.9 Å². The Morgan fingerprint density at radius 1 is 0.625 bits per heavy atom. The van der Waals surface area contributed by atoms with Crippen molar-refractivity contribution >= 4 is 29.7 Å². The van der Waals surface area contributed by atoms with Crippen molar-refractivity contribution in [3.63, 3.8) is 0 Å². The van der Waals surface area contributed by atoms with E-state index in [2.05, 4.69) is 0 Å². The summed E-state index contributed by atoms with van der Waals surface area (Å²) in [4.78, 5) is 0. The zero-order valence-electron chi connectivity index (χ0n) is 5.30. The predicted molar refractivity (Wildman–Crippen MR) is 51.4 cm³/mol. The van der Waals surface area contributed by atoms with Crippen LogP contribution in [0.25, 0.3) is 6.15 Å². The molecule has 0 aromatic rings. The van der Waals surface area contributed by atoms with Gasteiger partial charge in [-0.1, -0.05) is 0 Å². The average Bonchev–Trinajstić information content (AvgIpc) is 0. The van der Waals surface area contributed by atoms with E-state index in [1.54, 1.807) is 0 Å². The van der Waals surface area contributed by atoms with Crippen LogP contribution in [-0.2, 0) is 34.1 Å². The summed E-state index contributed by atoms with van der Waals surface area (Å²) >= 11 is 0. The van der Waals surface area contributed by atoms with Crippen LogP contribution in [0.4, 0.5) is 0 Å². The molecule has 0 aliphatic carbocycles. The van der Waals surface area contributed by atoms with Crippen molar-refractivity contribution in [2.24, 2.45) is 0 Å². The summed E-state index contributed by atoms with van der Waals surface area (Å²) in [5, 5.41) is 0. The van der Waals surface area contributed by atoms with Gasteiger partial charge in [-0.15, -0.1) is 0 Å². The first-order chi connectivity index (χ1) is 0. The van der Waals surface area contributed by atoms with Crippen LogP contribution in [-0.4, -0.2) is 0 Å². The zero-order chi connectivity index (χ0) is 0. The molecule has 0 amide bonds. The summed E-state index contributed by atoms with van der Waals surface area (Å²) in [5.74, 6) is 0. The minimum Gasteiger partial charge on any atom is -0.693 e. The van der Waals surface area contributed by atoms with Crippen molar-refractivity contribution in [1.82, 2.24) is 0 Å². The van der Waals surface area contributed by atoms with Crippen molar-refractivity contribution in [1.29, 1.82) is 0 Å². The van der Waals surface area contributed by atoms with Gasteiger partial charge in [-0.05, 0) is 0 Å². The van der Waals surface area contributed by atoms with Crippen molar-refractivity contribution < 1.29 is 34.1 Å². The van der Waals surface area contributed by atoms with E-state index in [1.807, 2.05) is 0 Å². The van der Waals surface area contributed by atoms with Crippen LogP contribution < -0.4 is 0 Å². The van der Waals surface area contributed by atoms with E-state index in [4.69, 9.17) is 0 Å². The molecule has 0 aliphatic rings. The fourth-order valence-electron chi connectivity index (χ4n) is 0. The molecule has 8 heavy (non-hydrogen) atoms. The van der Waals surface area contributed by atoms with Crippen molar-refractivity contribution in [3.8, 4) is 0 Å². The summed E-state index contributed by atoms with van der Waals surface area (Å²) in [6, 6.07) is 0. The molecule has 0 aromatic carbocycles. The Morgan fingerprint density at radius 3 is 0.625 bits per heavy atom. The van der Waals surface area contributed by atoms with Crippen molar-refractivity contribution in [3.05, 3.63) is 21.0 Å². The molecule has 1 nitrogen and oxygen atoms in total. The van der Waals surface area contributed by atoms with Gasteiger partial charge in [-0.3, -0.25) is 0 Å². The standard InChI is InChI=1S/2CH3.2Cu.H2N.3H3P/h2*1H3;;;1H2;3*1H3/q2*-1;+1;+2;-1;;;. The summed E-state index contributed by atoms with van der Waals surface area (Å²) in [5.41, 5.74) is 0. The first-order valence-electron chi connectivity index (χ1n) is 0. The SMILES string of the molecule is P.P.P.[CH3-].[CH3-].[Cu+2].[Cu+].[NH2-]. The molecule has 0 saturated carbocycles. The number of hydrogen-bond donors (Lipinski definition) is 0. The maximum absolute atomic E-state index is 0. The Hall–Kier alpha value is 2.29. The van der Waals surface area contributed by atoms with Crippen LogP contribution >= 0.6 is 29.7 Å². The number of hydrogen-bond acceptors (Lipinski definition) is 0. The second-order valence-electron chi connectivity index (χ2n) is 0. The van der Waals surface area contributed by atoms with Crippen LogP contribution in [0.15, 0.2) is 0 Å². The minimum atomic E-state index is 0. The Labute approximate surface area is 84.7 Å². The molecule has 67 valence electrons. The number of nitrogens with two attached hydrogens (primary N) is 1. The first kappa shape index (κ1) is 169. The predicted octanol–water partition coefficient (Wildman–Crippen LogP) is 1.79. The van der Waals surface area contributed by atoms with Gasteiger partial charge >= 0.3 is 34.1 Å². The molecule has 2 N–H and O–H groups in total. The third kappa shape index (κ3) is 84.1. The molecular formula is C2H17Cu2NP3. The van der Waals surface area contributed by atoms with Gasteiger partial charge in [-0.2, -0.15) is 29.7 Å². The monoisotopic (exact) mass is 274 g/mol. The van der Waals surface area contributed by atoms with Gasteiger partial charge in [0.2, 0.25) is 0 Å². The van der Waals surface area contributed by atoms with Crippen LogP contribution in [0.1, 0.15) is 0 Å². The van der Waals surface area contributed by atoms with E-state index in [9.17, 15) is 0 Å².